The smallest absolute Gasteiger partial charge is 0.128 e. The van der Waals surface area contributed by atoms with E-state index in [9.17, 15) is 5.11 Å². The molecule has 0 amide bonds. The van der Waals surface area contributed by atoms with Crippen molar-refractivity contribution in [3.8, 4) is 5.75 Å². The maximum atomic E-state index is 9.85. The molecule has 0 bridgehead atoms. The summed E-state index contributed by atoms with van der Waals surface area (Å²) in [5, 5.41) is 9.85. The molecule has 0 radical (unpaired) electrons. The molecule has 0 aliphatic heterocycles. The van der Waals surface area contributed by atoms with Gasteiger partial charge in [0, 0.05) is 24.0 Å². The molecule has 3 N–H and O–H groups in total. The topological polar surface area (TPSA) is 68.4 Å². The minimum atomic E-state index is -0.743. The van der Waals surface area contributed by atoms with Gasteiger partial charge < -0.3 is 15.6 Å². The van der Waals surface area contributed by atoms with Gasteiger partial charge in [-0.2, -0.15) is 0 Å². The van der Waals surface area contributed by atoms with Crippen molar-refractivity contribution in [3.63, 3.8) is 0 Å². The molecule has 4 heteroatoms. The van der Waals surface area contributed by atoms with Crippen LogP contribution in [0.15, 0.2) is 18.5 Å². The molecule has 84 valence electrons. The number of nitrogens with zero attached hydrogens (tertiary/aromatic N) is 1. The normalized spacial score (nSPS) is 15.1. The number of aromatic nitrogens is 1. The molecule has 0 saturated heterocycles. The van der Waals surface area contributed by atoms with E-state index in [-0.39, 0.29) is 12.1 Å². The second-order valence-corrected chi connectivity index (χ2v) is 3.88. The fourth-order valence-corrected chi connectivity index (χ4v) is 1.26. The third kappa shape index (κ3) is 3.18. The number of aliphatic hydroxyl groups is 1. The summed E-state index contributed by atoms with van der Waals surface area (Å²) >= 11 is 0. The van der Waals surface area contributed by atoms with Gasteiger partial charge in [0.15, 0.2) is 0 Å². The Balaban J connectivity index is 2.95. The molecule has 15 heavy (non-hydrogen) atoms. The Morgan fingerprint density at radius 2 is 2.07 bits per heavy atom. The highest BCUT2D eigenvalue weighted by atomic mass is 16.5. The van der Waals surface area contributed by atoms with Crippen LogP contribution >= 0.6 is 0 Å². The van der Waals surface area contributed by atoms with Crippen LogP contribution in [0.5, 0.6) is 5.75 Å². The maximum Gasteiger partial charge on any atom is 0.128 e. The molecular weight excluding hydrogens is 192 g/mol. The molecule has 0 aromatic carbocycles. The van der Waals surface area contributed by atoms with Crippen molar-refractivity contribution in [2.45, 2.75) is 39.0 Å². The van der Waals surface area contributed by atoms with Crippen LogP contribution in [-0.2, 0) is 0 Å². The Bertz CT molecular complexity index is 313. The molecule has 0 aliphatic rings. The number of hydrogen-bond donors (Lipinski definition) is 2. The van der Waals surface area contributed by atoms with E-state index in [0.29, 0.717) is 11.3 Å². The Hall–Kier alpha value is -1.13. The quantitative estimate of drug-likeness (QED) is 0.784. The highest BCUT2D eigenvalue weighted by molar-refractivity contribution is 5.32. The average Bonchev–Trinajstić information content (AvgIpc) is 2.16. The first-order valence-electron chi connectivity index (χ1n) is 5.06. The molecule has 1 unspecified atom stereocenters. The van der Waals surface area contributed by atoms with Gasteiger partial charge in [-0.1, -0.05) is 0 Å². The monoisotopic (exact) mass is 210 g/mol. The van der Waals surface area contributed by atoms with E-state index in [2.05, 4.69) is 4.98 Å². The third-order valence-electron chi connectivity index (χ3n) is 1.99. The second kappa shape index (κ2) is 5.09. The number of rotatable bonds is 4. The summed E-state index contributed by atoms with van der Waals surface area (Å²) < 4.78 is 5.56. The molecular formula is C11H18N2O2. The fraction of sp³-hybridized carbons (Fsp3) is 0.545. The van der Waals surface area contributed by atoms with Crippen LogP contribution in [0.4, 0.5) is 0 Å². The largest absolute Gasteiger partial charge is 0.491 e. The van der Waals surface area contributed by atoms with Crippen LogP contribution in [0.3, 0.4) is 0 Å². The lowest BCUT2D eigenvalue weighted by atomic mass is 10.1. The van der Waals surface area contributed by atoms with Gasteiger partial charge in [0.2, 0.25) is 0 Å². The lowest BCUT2D eigenvalue weighted by Gasteiger charge is -2.19. The van der Waals surface area contributed by atoms with Crippen molar-refractivity contribution in [2.75, 3.05) is 0 Å². The number of nitrogens with two attached hydrogens (primary N) is 1. The van der Waals surface area contributed by atoms with Gasteiger partial charge in [0.1, 0.15) is 5.75 Å². The number of aliphatic hydroxyl groups excluding tert-OH is 1. The Morgan fingerprint density at radius 3 is 2.60 bits per heavy atom. The van der Waals surface area contributed by atoms with Crippen molar-refractivity contribution in [2.24, 2.45) is 5.73 Å². The van der Waals surface area contributed by atoms with Crippen LogP contribution in [0.2, 0.25) is 0 Å². The Morgan fingerprint density at radius 1 is 1.40 bits per heavy atom. The van der Waals surface area contributed by atoms with Crippen molar-refractivity contribution >= 4 is 0 Å². The molecule has 0 fully saturated rings. The van der Waals surface area contributed by atoms with E-state index in [1.54, 1.807) is 25.4 Å². The summed E-state index contributed by atoms with van der Waals surface area (Å²) in [4.78, 5) is 3.96. The molecule has 0 spiro atoms. The minimum absolute atomic E-state index is 0.0615. The van der Waals surface area contributed by atoms with Gasteiger partial charge in [-0.25, -0.2) is 0 Å². The zero-order valence-corrected chi connectivity index (χ0v) is 9.34. The molecule has 1 aromatic rings. The molecule has 4 nitrogen and oxygen atoms in total. The molecule has 1 rings (SSSR count). The van der Waals surface area contributed by atoms with Gasteiger partial charge in [-0.15, -0.1) is 0 Å². The predicted octanol–water partition coefficient (Wildman–Crippen LogP) is 1.25. The molecule has 0 saturated carbocycles. The van der Waals surface area contributed by atoms with Gasteiger partial charge in [0.05, 0.1) is 12.2 Å². The number of pyridine rings is 1. The van der Waals surface area contributed by atoms with E-state index in [1.165, 1.54) is 0 Å². The SMILES string of the molecule is CC(C)Oc1ccncc1C(O)[C@@H](C)N. The summed E-state index contributed by atoms with van der Waals surface area (Å²) in [5.41, 5.74) is 6.27. The second-order valence-electron chi connectivity index (χ2n) is 3.88. The zero-order chi connectivity index (χ0) is 11.4. The van der Waals surface area contributed by atoms with Crippen LogP contribution in [0, 0.1) is 0 Å². The highest BCUT2D eigenvalue weighted by Crippen LogP contribution is 2.26. The van der Waals surface area contributed by atoms with Crippen LogP contribution in [-0.4, -0.2) is 22.2 Å². The first kappa shape index (κ1) is 11.9. The van der Waals surface area contributed by atoms with Crippen LogP contribution in [0.25, 0.3) is 0 Å². The van der Waals surface area contributed by atoms with Gasteiger partial charge in [0.25, 0.3) is 0 Å². The van der Waals surface area contributed by atoms with Crippen LogP contribution < -0.4 is 10.5 Å². The molecule has 1 heterocycles. The minimum Gasteiger partial charge on any atom is -0.491 e. The fourth-order valence-electron chi connectivity index (χ4n) is 1.26. The Labute approximate surface area is 90.1 Å². The summed E-state index contributed by atoms with van der Waals surface area (Å²) in [5.74, 6) is 0.643. The molecule has 0 aliphatic carbocycles. The lowest BCUT2D eigenvalue weighted by molar-refractivity contribution is 0.143. The summed E-state index contributed by atoms with van der Waals surface area (Å²) in [6.45, 7) is 5.61. The van der Waals surface area contributed by atoms with Crippen molar-refractivity contribution in [1.29, 1.82) is 0 Å². The van der Waals surface area contributed by atoms with Gasteiger partial charge in [-0.05, 0) is 26.8 Å². The van der Waals surface area contributed by atoms with E-state index in [4.69, 9.17) is 10.5 Å². The summed E-state index contributed by atoms with van der Waals surface area (Å²) in [7, 11) is 0. The maximum absolute atomic E-state index is 9.85. The average molecular weight is 210 g/mol. The molecule has 2 atom stereocenters. The number of ether oxygens (including phenoxy) is 1. The first-order chi connectivity index (χ1) is 7.02. The zero-order valence-electron chi connectivity index (χ0n) is 9.34. The highest BCUT2D eigenvalue weighted by Gasteiger charge is 2.17. The van der Waals surface area contributed by atoms with E-state index >= 15 is 0 Å². The van der Waals surface area contributed by atoms with Crippen molar-refractivity contribution in [1.82, 2.24) is 4.98 Å². The van der Waals surface area contributed by atoms with Gasteiger partial charge in [-0.3, -0.25) is 4.98 Å². The van der Waals surface area contributed by atoms with E-state index in [1.807, 2.05) is 13.8 Å². The first-order valence-corrected chi connectivity index (χ1v) is 5.06. The molecule has 1 aromatic heterocycles. The van der Waals surface area contributed by atoms with Crippen LogP contribution in [0.1, 0.15) is 32.4 Å². The van der Waals surface area contributed by atoms with E-state index < -0.39 is 6.10 Å². The third-order valence-corrected chi connectivity index (χ3v) is 1.99. The van der Waals surface area contributed by atoms with E-state index in [0.717, 1.165) is 0 Å². The van der Waals surface area contributed by atoms with Crippen molar-refractivity contribution in [3.05, 3.63) is 24.0 Å². The Kier molecular flexibility index (Phi) is 4.05. The van der Waals surface area contributed by atoms with Gasteiger partial charge >= 0.3 is 0 Å². The standard InChI is InChI=1S/C11H18N2O2/c1-7(2)15-10-4-5-13-6-9(10)11(14)8(3)12/h4-8,11,14H,12H2,1-3H3/t8-,11?/m1/s1. The summed E-state index contributed by atoms with van der Waals surface area (Å²) in [6.07, 6.45) is 2.54. The number of hydrogen-bond acceptors (Lipinski definition) is 4. The lowest BCUT2D eigenvalue weighted by Crippen LogP contribution is -2.25. The summed E-state index contributed by atoms with van der Waals surface area (Å²) in [6, 6.07) is 1.39. The predicted molar refractivity (Wildman–Crippen MR) is 58.6 cm³/mol. The van der Waals surface area contributed by atoms with Crippen molar-refractivity contribution < 1.29 is 9.84 Å².